The molecule has 32 heavy (non-hydrogen) atoms. The number of nitrogens with zero attached hydrogens (tertiary/aromatic N) is 5. The van der Waals surface area contributed by atoms with Gasteiger partial charge >= 0.3 is 0 Å². The maximum atomic E-state index is 6.73. The highest BCUT2D eigenvalue weighted by molar-refractivity contribution is 5.75. The van der Waals surface area contributed by atoms with Crippen LogP contribution in [0.5, 0.6) is 0 Å². The van der Waals surface area contributed by atoms with Crippen LogP contribution in [0.3, 0.4) is 0 Å². The van der Waals surface area contributed by atoms with Crippen molar-refractivity contribution in [2.75, 3.05) is 18.0 Å². The van der Waals surface area contributed by atoms with E-state index in [4.69, 9.17) is 15.8 Å². The Morgan fingerprint density at radius 1 is 1.00 bits per heavy atom. The van der Waals surface area contributed by atoms with E-state index in [0.717, 1.165) is 55.0 Å². The first-order valence-electron chi connectivity index (χ1n) is 11.4. The molecule has 1 saturated heterocycles. The molecule has 3 heterocycles. The van der Waals surface area contributed by atoms with Gasteiger partial charge < -0.3 is 10.6 Å². The zero-order chi connectivity index (χ0) is 21.9. The second kappa shape index (κ2) is 7.14. The first kappa shape index (κ1) is 19.4. The normalized spacial score (nSPS) is 19.6. The molecule has 1 spiro atoms. The van der Waals surface area contributed by atoms with Crippen LogP contribution in [0.25, 0.3) is 16.7 Å². The quantitative estimate of drug-likeness (QED) is 0.520. The summed E-state index contributed by atoms with van der Waals surface area (Å²) in [5.74, 6) is 0.767. The molecule has 6 rings (SSSR count). The Labute approximate surface area is 188 Å². The van der Waals surface area contributed by atoms with E-state index in [1.54, 1.807) is 0 Å². The first-order valence-corrected chi connectivity index (χ1v) is 11.4. The second-order valence-electron chi connectivity index (χ2n) is 9.47. The first-order chi connectivity index (χ1) is 15.5. The molecule has 1 aliphatic carbocycles. The lowest BCUT2D eigenvalue weighted by atomic mass is 9.73. The van der Waals surface area contributed by atoms with E-state index in [9.17, 15) is 0 Å². The number of hydrogen-bond acceptors (Lipinski definition) is 5. The lowest BCUT2D eigenvalue weighted by Gasteiger charge is -2.42. The fourth-order valence-corrected chi connectivity index (χ4v) is 5.70. The van der Waals surface area contributed by atoms with E-state index >= 15 is 0 Å². The number of piperidine rings is 1. The summed E-state index contributed by atoms with van der Waals surface area (Å²) >= 11 is 0. The zero-order valence-corrected chi connectivity index (χ0v) is 18.6. The second-order valence-corrected chi connectivity index (χ2v) is 9.47. The molecule has 0 bridgehead atoms. The van der Waals surface area contributed by atoms with Gasteiger partial charge in [-0.3, -0.25) is 0 Å². The number of nitrogens with two attached hydrogens (primary N) is 1. The molecule has 6 heteroatoms. The van der Waals surface area contributed by atoms with E-state index in [-0.39, 0.29) is 11.5 Å². The zero-order valence-electron chi connectivity index (χ0n) is 18.6. The molecule has 0 radical (unpaired) electrons. The van der Waals surface area contributed by atoms with Crippen molar-refractivity contribution in [1.29, 1.82) is 0 Å². The van der Waals surface area contributed by atoms with Gasteiger partial charge in [0.05, 0.1) is 11.1 Å². The minimum atomic E-state index is 0.122. The average molecular weight is 425 g/mol. The predicted molar refractivity (Wildman–Crippen MR) is 127 cm³/mol. The van der Waals surface area contributed by atoms with Crippen LogP contribution in [0.15, 0.2) is 54.9 Å². The number of anilines is 1. The largest absolute Gasteiger partial charge is 0.341 e. The molecule has 1 aliphatic heterocycles. The summed E-state index contributed by atoms with van der Waals surface area (Å²) in [6.07, 6.45) is 7.12. The molecule has 2 aliphatic rings. The molecule has 0 unspecified atom stereocenters. The number of hydrogen-bond donors (Lipinski definition) is 1. The monoisotopic (exact) mass is 424 g/mol. The molecular weight excluding hydrogens is 396 g/mol. The van der Waals surface area contributed by atoms with Gasteiger partial charge in [0.15, 0.2) is 5.65 Å². The Bertz CT molecular complexity index is 1290. The van der Waals surface area contributed by atoms with E-state index in [1.807, 2.05) is 17.1 Å². The Morgan fingerprint density at radius 3 is 2.50 bits per heavy atom. The van der Waals surface area contributed by atoms with Crippen LogP contribution in [0.2, 0.25) is 0 Å². The summed E-state index contributed by atoms with van der Waals surface area (Å²) in [4.78, 5) is 11.8. The molecule has 1 fully saturated rings. The van der Waals surface area contributed by atoms with Gasteiger partial charge in [-0.05, 0) is 60.8 Å². The van der Waals surface area contributed by atoms with Gasteiger partial charge in [0, 0.05) is 31.5 Å². The molecule has 2 aromatic carbocycles. The van der Waals surface area contributed by atoms with Gasteiger partial charge in [-0.1, -0.05) is 42.5 Å². The summed E-state index contributed by atoms with van der Waals surface area (Å²) in [6.45, 7) is 6.07. The van der Waals surface area contributed by atoms with E-state index in [1.165, 1.54) is 22.3 Å². The number of aromatic nitrogens is 4. The SMILES string of the molecule is Cc1cccc(C)c1-n1cc2cnc(N3CCC4(CC3)Cc3ccccc3[C@H]4N)nc2n1. The number of benzene rings is 2. The third-order valence-electron chi connectivity index (χ3n) is 7.55. The van der Waals surface area contributed by atoms with Crippen molar-refractivity contribution < 1.29 is 0 Å². The third kappa shape index (κ3) is 2.93. The molecule has 1 atom stereocenters. The van der Waals surface area contributed by atoms with Crippen LogP contribution in [-0.2, 0) is 6.42 Å². The van der Waals surface area contributed by atoms with Gasteiger partial charge in [0.1, 0.15) is 0 Å². The molecule has 0 saturated carbocycles. The van der Waals surface area contributed by atoms with E-state index < -0.39 is 0 Å². The number of aryl methyl sites for hydroxylation is 2. The lowest BCUT2D eigenvalue weighted by Crippen LogP contribution is -2.44. The highest BCUT2D eigenvalue weighted by Crippen LogP contribution is 2.50. The van der Waals surface area contributed by atoms with Crippen LogP contribution in [-0.4, -0.2) is 32.8 Å². The van der Waals surface area contributed by atoms with Gasteiger partial charge in [-0.25, -0.2) is 9.67 Å². The standard InChI is InChI=1S/C26H28N6/c1-17-6-5-7-18(2)22(17)32-16-20-15-28-25(29-24(20)30-32)31-12-10-26(11-13-31)14-19-8-3-4-9-21(19)23(26)27/h3-9,15-16,23H,10-14,27H2,1-2H3/t23-/m1/s1. The molecule has 162 valence electrons. The third-order valence-corrected chi connectivity index (χ3v) is 7.55. The minimum absolute atomic E-state index is 0.122. The Morgan fingerprint density at radius 2 is 1.75 bits per heavy atom. The smallest absolute Gasteiger partial charge is 0.227 e. The molecule has 2 N–H and O–H groups in total. The van der Waals surface area contributed by atoms with Gasteiger partial charge in [0.25, 0.3) is 0 Å². The van der Waals surface area contributed by atoms with Crippen LogP contribution in [0.1, 0.15) is 41.1 Å². The predicted octanol–water partition coefficient (Wildman–Crippen LogP) is 4.28. The van der Waals surface area contributed by atoms with Crippen LogP contribution in [0.4, 0.5) is 5.95 Å². The van der Waals surface area contributed by atoms with Crippen LogP contribution >= 0.6 is 0 Å². The summed E-state index contributed by atoms with van der Waals surface area (Å²) in [5, 5.41) is 5.75. The number of fused-ring (bicyclic) bond motifs is 2. The lowest BCUT2D eigenvalue weighted by molar-refractivity contribution is 0.187. The number of para-hydroxylation sites is 1. The summed E-state index contributed by atoms with van der Waals surface area (Å²) in [7, 11) is 0. The average Bonchev–Trinajstić information content (AvgIpc) is 3.33. The van der Waals surface area contributed by atoms with Crippen molar-refractivity contribution in [2.24, 2.45) is 11.1 Å². The van der Waals surface area contributed by atoms with Crippen molar-refractivity contribution >= 4 is 17.0 Å². The van der Waals surface area contributed by atoms with Crippen molar-refractivity contribution in [2.45, 2.75) is 39.2 Å². The summed E-state index contributed by atoms with van der Waals surface area (Å²) < 4.78 is 1.94. The van der Waals surface area contributed by atoms with Crippen LogP contribution < -0.4 is 10.6 Å². The topological polar surface area (TPSA) is 72.9 Å². The minimum Gasteiger partial charge on any atom is -0.341 e. The maximum Gasteiger partial charge on any atom is 0.227 e. The highest BCUT2D eigenvalue weighted by atomic mass is 15.3. The molecule has 4 aromatic rings. The van der Waals surface area contributed by atoms with Crippen molar-refractivity contribution in [3.05, 3.63) is 77.1 Å². The Kier molecular flexibility index (Phi) is 4.33. The van der Waals surface area contributed by atoms with Gasteiger partial charge in [-0.2, -0.15) is 4.98 Å². The Balaban J connectivity index is 1.25. The fraction of sp³-hybridized carbons (Fsp3) is 0.346. The van der Waals surface area contributed by atoms with Crippen molar-refractivity contribution in [3.8, 4) is 5.69 Å². The molecular formula is C26H28N6. The Hall–Kier alpha value is -3.25. The van der Waals surface area contributed by atoms with Gasteiger partial charge in [-0.15, -0.1) is 5.10 Å². The highest BCUT2D eigenvalue weighted by Gasteiger charge is 2.46. The maximum absolute atomic E-state index is 6.73. The van der Waals surface area contributed by atoms with E-state index in [2.05, 4.69) is 66.2 Å². The van der Waals surface area contributed by atoms with Crippen molar-refractivity contribution in [1.82, 2.24) is 19.7 Å². The molecule has 2 aromatic heterocycles. The summed E-state index contributed by atoms with van der Waals surface area (Å²) in [5.41, 5.74) is 13.9. The fourth-order valence-electron chi connectivity index (χ4n) is 5.70. The summed E-state index contributed by atoms with van der Waals surface area (Å²) in [6, 6.07) is 15.1. The number of rotatable bonds is 2. The van der Waals surface area contributed by atoms with Crippen LogP contribution in [0, 0.1) is 19.3 Å². The van der Waals surface area contributed by atoms with Gasteiger partial charge in [0.2, 0.25) is 5.95 Å². The molecule has 6 nitrogen and oxygen atoms in total. The van der Waals surface area contributed by atoms with E-state index in [0.29, 0.717) is 0 Å². The van der Waals surface area contributed by atoms with Crippen molar-refractivity contribution in [3.63, 3.8) is 0 Å². The molecule has 0 amide bonds.